The number of Topliss-reactive ketones (excluding diaryl/α,β-unsaturated/α-hetero) is 1. The Morgan fingerprint density at radius 3 is 2.59 bits per heavy atom. The van der Waals surface area contributed by atoms with E-state index in [1.807, 2.05) is 36.4 Å². The third-order valence-corrected chi connectivity index (χ3v) is 7.72. The molecule has 1 fully saturated rings. The number of rotatable bonds is 3. The molecule has 8 heteroatoms. The molecule has 0 saturated carbocycles. The smallest absolute Gasteiger partial charge is 0.301 e. The molecule has 0 bridgehead atoms. The minimum absolute atomic E-state index is 0.0110. The first-order chi connectivity index (χ1) is 17.7. The van der Waals surface area contributed by atoms with Crippen LogP contribution in [0.4, 0.5) is 5.13 Å². The molecule has 0 aliphatic carbocycles. The van der Waals surface area contributed by atoms with Gasteiger partial charge in [0.25, 0.3) is 5.78 Å². The van der Waals surface area contributed by atoms with Gasteiger partial charge in [-0.05, 0) is 41.3 Å². The molecule has 4 heterocycles. The summed E-state index contributed by atoms with van der Waals surface area (Å²) in [7, 11) is 0. The van der Waals surface area contributed by atoms with Gasteiger partial charge >= 0.3 is 5.91 Å². The Morgan fingerprint density at radius 2 is 1.84 bits per heavy atom. The van der Waals surface area contributed by atoms with E-state index < -0.39 is 17.7 Å². The Morgan fingerprint density at radius 1 is 1.05 bits per heavy atom. The lowest BCUT2D eigenvalue weighted by atomic mass is 9.87. The predicted molar refractivity (Wildman–Crippen MR) is 146 cm³/mol. The third-order valence-electron chi connectivity index (χ3n) is 6.71. The fraction of sp³-hybridized carbons (Fsp3) is 0.172. The number of thiazole rings is 1. The summed E-state index contributed by atoms with van der Waals surface area (Å²) in [6, 6.07) is 17.9. The van der Waals surface area contributed by atoms with Gasteiger partial charge in [0, 0.05) is 28.9 Å². The molecule has 37 heavy (non-hydrogen) atoms. The SMILES string of the molecule is CC(C)(C)c1ccc2nc(N3C(=O)C(=O)/C(=C(/O)c4c[nH]c5ccccc45)C3c3ccccn3)sc2c1. The molecule has 1 aliphatic rings. The van der Waals surface area contributed by atoms with E-state index in [0.717, 1.165) is 26.7 Å². The van der Waals surface area contributed by atoms with E-state index in [9.17, 15) is 14.7 Å². The van der Waals surface area contributed by atoms with E-state index in [-0.39, 0.29) is 16.7 Å². The number of amides is 1. The highest BCUT2D eigenvalue weighted by Crippen LogP contribution is 2.44. The van der Waals surface area contributed by atoms with Crippen molar-refractivity contribution in [2.24, 2.45) is 0 Å². The number of nitrogens with zero attached hydrogens (tertiary/aromatic N) is 3. The topological polar surface area (TPSA) is 99.2 Å². The number of aromatic amines is 1. The highest BCUT2D eigenvalue weighted by molar-refractivity contribution is 7.22. The van der Waals surface area contributed by atoms with Crippen LogP contribution < -0.4 is 4.90 Å². The van der Waals surface area contributed by atoms with Crippen LogP contribution >= 0.6 is 11.3 Å². The number of para-hydroxylation sites is 1. The molecular formula is C29H24N4O3S. The zero-order chi connectivity index (χ0) is 25.9. The number of anilines is 1. The van der Waals surface area contributed by atoms with Crippen LogP contribution in [0, 0.1) is 0 Å². The Kier molecular flexibility index (Phi) is 5.24. The first kappa shape index (κ1) is 23.1. The monoisotopic (exact) mass is 508 g/mol. The minimum atomic E-state index is -0.919. The zero-order valence-corrected chi connectivity index (χ0v) is 21.3. The number of hydrogen-bond donors (Lipinski definition) is 2. The van der Waals surface area contributed by atoms with E-state index in [4.69, 9.17) is 4.98 Å². The Balaban J connectivity index is 1.55. The van der Waals surface area contributed by atoms with Crippen molar-refractivity contribution in [3.63, 3.8) is 0 Å². The average molecular weight is 509 g/mol. The van der Waals surface area contributed by atoms with Crippen LogP contribution in [-0.4, -0.2) is 31.7 Å². The number of fused-ring (bicyclic) bond motifs is 2. The molecule has 0 spiro atoms. The number of H-pyrrole nitrogens is 1. The lowest BCUT2D eigenvalue weighted by Gasteiger charge is -2.21. The molecule has 6 rings (SSSR count). The summed E-state index contributed by atoms with van der Waals surface area (Å²) in [5.74, 6) is -1.76. The second-order valence-corrected chi connectivity index (χ2v) is 11.1. The third kappa shape index (κ3) is 3.72. The van der Waals surface area contributed by atoms with Crippen LogP contribution in [0.5, 0.6) is 0 Å². The summed E-state index contributed by atoms with van der Waals surface area (Å²) in [5, 5.41) is 12.6. The van der Waals surface area contributed by atoms with Gasteiger partial charge in [-0.25, -0.2) is 4.98 Å². The number of nitrogens with one attached hydrogen (secondary N) is 1. The van der Waals surface area contributed by atoms with Crippen molar-refractivity contribution in [2.45, 2.75) is 32.2 Å². The molecule has 1 amide bonds. The fourth-order valence-corrected chi connectivity index (χ4v) is 5.77. The molecule has 2 aromatic carbocycles. The van der Waals surface area contributed by atoms with Gasteiger partial charge in [0.2, 0.25) is 0 Å². The number of carbonyl (C=O) groups is 2. The maximum atomic E-state index is 13.5. The predicted octanol–water partition coefficient (Wildman–Crippen LogP) is 6.10. The normalized spacial score (nSPS) is 17.8. The molecule has 1 unspecified atom stereocenters. The number of hydrogen-bond acceptors (Lipinski definition) is 6. The minimum Gasteiger partial charge on any atom is -0.507 e. The lowest BCUT2D eigenvalue weighted by Crippen LogP contribution is -2.29. The van der Waals surface area contributed by atoms with Crippen molar-refractivity contribution in [1.82, 2.24) is 15.0 Å². The number of ketones is 1. The molecule has 1 atom stereocenters. The molecule has 1 aliphatic heterocycles. The van der Waals surface area contributed by atoms with Gasteiger partial charge in [-0.1, -0.05) is 62.4 Å². The molecule has 7 nitrogen and oxygen atoms in total. The van der Waals surface area contributed by atoms with Crippen molar-refractivity contribution in [2.75, 3.05) is 4.90 Å². The van der Waals surface area contributed by atoms with Gasteiger partial charge in [-0.2, -0.15) is 0 Å². The summed E-state index contributed by atoms with van der Waals surface area (Å²) < 4.78 is 0.917. The van der Waals surface area contributed by atoms with Gasteiger partial charge in [0.1, 0.15) is 11.8 Å². The van der Waals surface area contributed by atoms with Crippen LogP contribution in [0.25, 0.3) is 26.9 Å². The van der Waals surface area contributed by atoms with Gasteiger partial charge in [-0.15, -0.1) is 0 Å². The van der Waals surface area contributed by atoms with Gasteiger partial charge in [-0.3, -0.25) is 19.5 Å². The van der Waals surface area contributed by atoms with Crippen molar-refractivity contribution in [3.05, 3.63) is 95.5 Å². The molecule has 0 radical (unpaired) electrons. The lowest BCUT2D eigenvalue weighted by molar-refractivity contribution is -0.132. The van der Waals surface area contributed by atoms with Crippen LogP contribution in [-0.2, 0) is 15.0 Å². The molecule has 1 saturated heterocycles. The maximum absolute atomic E-state index is 13.5. The summed E-state index contributed by atoms with van der Waals surface area (Å²) in [6.07, 6.45) is 3.25. The van der Waals surface area contributed by atoms with E-state index in [0.29, 0.717) is 16.4 Å². The zero-order valence-electron chi connectivity index (χ0n) is 20.5. The summed E-state index contributed by atoms with van der Waals surface area (Å²) in [6.45, 7) is 6.42. The van der Waals surface area contributed by atoms with Crippen LogP contribution in [0.1, 0.15) is 43.6 Å². The Labute approximate surface area is 217 Å². The first-order valence-electron chi connectivity index (χ1n) is 11.9. The van der Waals surface area contributed by atoms with Gasteiger partial charge < -0.3 is 10.1 Å². The molecule has 3 aromatic heterocycles. The summed E-state index contributed by atoms with van der Waals surface area (Å²) in [5.41, 5.74) is 3.57. The average Bonchev–Trinajstić information content (AvgIpc) is 3.57. The fourth-order valence-electron chi connectivity index (χ4n) is 4.74. The van der Waals surface area contributed by atoms with Crippen molar-refractivity contribution < 1.29 is 14.7 Å². The number of carbonyl (C=O) groups excluding carboxylic acids is 2. The highest BCUT2D eigenvalue weighted by Gasteiger charge is 2.49. The number of benzene rings is 2. The number of aliphatic hydroxyl groups excluding tert-OH is 1. The summed E-state index contributed by atoms with van der Waals surface area (Å²) in [4.78, 5) is 40.6. The van der Waals surface area contributed by atoms with Crippen molar-refractivity contribution in [3.8, 4) is 0 Å². The number of pyridine rings is 1. The number of aromatic nitrogens is 3. The second-order valence-electron chi connectivity index (χ2n) is 10.1. The standard InChI is InChI=1S/C29H24N4O3S/c1-29(2,3)16-11-12-20-22(14-16)37-28(32-20)33-24(21-10-6-7-13-30-21)23(26(35)27(33)36)25(34)18-15-31-19-9-5-4-8-17(18)19/h4-15,24,31,34H,1-3H3/b25-23+. The Bertz CT molecular complexity index is 1730. The number of aliphatic hydroxyl groups is 1. The quantitative estimate of drug-likeness (QED) is 0.174. The van der Waals surface area contributed by atoms with E-state index in [2.05, 4.69) is 36.8 Å². The van der Waals surface area contributed by atoms with Gasteiger partial charge in [0.15, 0.2) is 5.13 Å². The Hall–Kier alpha value is -4.30. The van der Waals surface area contributed by atoms with Crippen LogP contribution in [0.3, 0.4) is 0 Å². The second kappa shape index (κ2) is 8.38. The van der Waals surface area contributed by atoms with Crippen molar-refractivity contribution in [1.29, 1.82) is 0 Å². The van der Waals surface area contributed by atoms with Gasteiger partial charge in [0.05, 0.1) is 21.5 Å². The highest BCUT2D eigenvalue weighted by atomic mass is 32.1. The summed E-state index contributed by atoms with van der Waals surface area (Å²) >= 11 is 1.35. The molecule has 2 N–H and O–H groups in total. The van der Waals surface area contributed by atoms with Crippen molar-refractivity contribution >= 4 is 55.0 Å². The van der Waals surface area contributed by atoms with E-state index in [1.165, 1.54) is 16.2 Å². The molecule has 5 aromatic rings. The van der Waals surface area contributed by atoms with Crippen LogP contribution in [0.15, 0.2) is 78.6 Å². The van der Waals surface area contributed by atoms with E-state index >= 15 is 0 Å². The molecule has 184 valence electrons. The van der Waals surface area contributed by atoms with Crippen LogP contribution in [0.2, 0.25) is 0 Å². The maximum Gasteiger partial charge on any atom is 0.301 e. The first-order valence-corrected chi connectivity index (χ1v) is 12.7. The largest absolute Gasteiger partial charge is 0.507 e. The van der Waals surface area contributed by atoms with E-state index in [1.54, 1.807) is 30.6 Å². The molecular weight excluding hydrogens is 484 g/mol.